The van der Waals surface area contributed by atoms with Crippen molar-refractivity contribution in [3.05, 3.63) is 47.0 Å². The predicted octanol–water partition coefficient (Wildman–Crippen LogP) is 1.81. The van der Waals surface area contributed by atoms with E-state index in [1.165, 1.54) is 0 Å². The van der Waals surface area contributed by atoms with Crippen molar-refractivity contribution < 1.29 is 0 Å². The first-order valence-corrected chi connectivity index (χ1v) is 6.33. The van der Waals surface area contributed by atoms with E-state index < -0.39 is 0 Å². The molecule has 1 aromatic carbocycles. The Morgan fingerprint density at radius 3 is 2.80 bits per heavy atom. The molecule has 0 radical (unpaired) electrons. The number of aromatic nitrogens is 4. The van der Waals surface area contributed by atoms with Crippen molar-refractivity contribution >= 4 is 16.7 Å². The van der Waals surface area contributed by atoms with Gasteiger partial charge >= 0.3 is 0 Å². The lowest BCUT2D eigenvalue weighted by atomic mass is 10.2. The zero-order chi connectivity index (χ0) is 13.9. The van der Waals surface area contributed by atoms with Crippen molar-refractivity contribution in [1.82, 2.24) is 19.9 Å². The first-order chi connectivity index (χ1) is 9.78. The molecule has 6 heteroatoms. The zero-order valence-corrected chi connectivity index (χ0v) is 10.9. The van der Waals surface area contributed by atoms with Gasteiger partial charge in [-0.2, -0.15) is 0 Å². The molecule has 0 atom stereocenters. The molecule has 0 saturated heterocycles. The van der Waals surface area contributed by atoms with Gasteiger partial charge in [0.25, 0.3) is 5.56 Å². The van der Waals surface area contributed by atoms with Crippen molar-refractivity contribution in [3.63, 3.8) is 0 Å². The smallest absolute Gasteiger partial charge is 0.259 e. The molecule has 0 bridgehead atoms. The van der Waals surface area contributed by atoms with Crippen LogP contribution in [0.2, 0.25) is 0 Å². The number of hydrogen-bond donors (Lipinski definition) is 2. The van der Waals surface area contributed by atoms with Crippen molar-refractivity contribution in [1.29, 1.82) is 0 Å². The Labute approximate surface area is 114 Å². The monoisotopic (exact) mass is 267 g/mol. The third-order valence-electron chi connectivity index (χ3n) is 2.87. The molecule has 0 amide bonds. The average Bonchev–Trinajstić information content (AvgIpc) is 2.48. The van der Waals surface area contributed by atoms with Crippen molar-refractivity contribution in [2.75, 3.05) is 11.9 Å². The van der Waals surface area contributed by atoms with Crippen LogP contribution < -0.4 is 10.9 Å². The van der Waals surface area contributed by atoms with E-state index >= 15 is 0 Å². The molecule has 0 fully saturated rings. The highest BCUT2D eigenvalue weighted by atomic mass is 16.1. The van der Waals surface area contributed by atoms with Gasteiger partial charge in [0.2, 0.25) is 0 Å². The maximum Gasteiger partial charge on any atom is 0.259 e. The van der Waals surface area contributed by atoms with E-state index in [2.05, 4.69) is 25.3 Å². The minimum atomic E-state index is -0.178. The quantitative estimate of drug-likeness (QED) is 0.756. The van der Waals surface area contributed by atoms with E-state index in [1.54, 1.807) is 24.5 Å². The highest BCUT2D eigenvalue weighted by Gasteiger charge is 2.07. The highest BCUT2D eigenvalue weighted by molar-refractivity contribution is 5.78. The summed E-state index contributed by atoms with van der Waals surface area (Å²) >= 11 is 0. The van der Waals surface area contributed by atoms with Gasteiger partial charge in [0.05, 0.1) is 23.3 Å². The fraction of sp³-hybridized carbons (Fsp3) is 0.143. The topological polar surface area (TPSA) is 83.6 Å². The van der Waals surface area contributed by atoms with Crippen LogP contribution in [0.5, 0.6) is 0 Å². The van der Waals surface area contributed by atoms with E-state index in [0.717, 1.165) is 6.54 Å². The summed E-state index contributed by atoms with van der Waals surface area (Å²) in [5, 5.41) is 3.62. The molecule has 3 aromatic rings. The second-order valence-electron chi connectivity index (χ2n) is 4.25. The van der Waals surface area contributed by atoms with Crippen LogP contribution in [0.4, 0.5) is 5.82 Å². The maximum absolute atomic E-state index is 12.0. The summed E-state index contributed by atoms with van der Waals surface area (Å²) < 4.78 is 0. The number of hydrogen-bond acceptors (Lipinski definition) is 5. The Morgan fingerprint density at radius 1 is 1.20 bits per heavy atom. The Kier molecular flexibility index (Phi) is 3.12. The van der Waals surface area contributed by atoms with Crippen molar-refractivity contribution in [2.24, 2.45) is 0 Å². The molecular formula is C14H13N5O. The molecule has 2 heterocycles. The molecule has 3 rings (SSSR count). The van der Waals surface area contributed by atoms with Gasteiger partial charge in [-0.05, 0) is 19.1 Å². The van der Waals surface area contributed by atoms with Crippen LogP contribution in [0.3, 0.4) is 0 Å². The second kappa shape index (κ2) is 5.08. The van der Waals surface area contributed by atoms with E-state index in [1.807, 2.05) is 19.1 Å². The van der Waals surface area contributed by atoms with Crippen LogP contribution >= 0.6 is 0 Å². The number of rotatable bonds is 3. The van der Waals surface area contributed by atoms with Crippen LogP contribution in [0.1, 0.15) is 6.92 Å². The summed E-state index contributed by atoms with van der Waals surface area (Å²) in [6.07, 6.45) is 3.21. The predicted molar refractivity (Wildman–Crippen MR) is 77.6 cm³/mol. The van der Waals surface area contributed by atoms with Gasteiger partial charge in [-0.25, -0.2) is 15.0 Å². The number of benzene rings is 1. The van der Waals surface area contributed by atoms with E-state index in [9.17, 15) is 4.79 Å². The van der Waals surface area contributed by atoms with Gasteiger partial charge in [0.1, 0.15) is 11.5 Å². The molecular weight excluding hydrogens is 254 g/mol. The first kappa shape index (κ1) is 12.3. The molecule has 0 spiro atoms. The standard InChI is InChI=1S/C14H13N5O/c1-2-15-12-8-16-11(7-17-12)13-18-10-6-4-3-5-9(10)14(20)19-13/h3-8H,2H2,1H3,(H,15,17)(H,18,19,20). The summed E-state index contributed by atoms with van der Waals surface area (Å²) in [5.41, 5.74) is 1.00. The van der Waals surface area contributed by atoms with Crippen LogP contribution in [0.15, 0.2) is 41.5 Å². The summed E-state index contributed by atoms with van der Waals surface area (Å²) in [5.74, 6) is 1.11. The Hall–Kier alpha value is -2.76. The number of para-hydroxylation sites is 1. The van der Waals surface area contributed by atoms with Crippen LogP contribution in [0, 0.1) is 0 Å². The second-order valence-corrected chi connectivity index (χ2v) is 4.25. The van der Waals surface area contributed by atoms with Gasteiger partial charge in [0.15, 0.2) is 5.82 Å². The van der Waals surface area contributed by atoms with Gasteiger partial charge in [-0.3, -0.25) is 4.79 Å². The molecule has 0 unspecified atom stereocenters. The van der Waals surface area contributed by atoms with E-state index in [-0.39, 0.29) is 5.56 Å². The molecule has 0 aliphatic carbocycles. The largest absolute Gasteiger partial charge is 0.369 e. The molecule has 2 aromatic heterocycles. The minimum absolute atomic E-state index is 0.178. The summed E-state index contributed by atoms with van der Waals surface area (Å²) in [6.45, 7) is 2.76. The summed E-state index contributed by atoms with van der Waals surface area (Å²) in [4.78, 5) is 27.6. The van der Waals surface area contributed by atoms with E-state index in [0.29, 0.717) is 28.2 Å². The Morgan fingerprint density at radius 2 is 2.05 bits per heavy atom. The fourth-order valence-electron chi connectivity index (χ4n) is 1.93. The number of anilines is 1. The third-order valence-corrected chi connectivity index (χ3v) is 2.87. The maximum atomic E-state index is 12.0. The summed E-state index contributed by atoms with van der Waals surface area (Å²) in [6, 6.07) is 7.20. The number of nitrogens with zero attached hydrogens (tertiary/aromatic N) is 3. The fourth-order valence-corrected chi connectivity index (χ4v) is 1.93. The lowest BCUT2D eigenvalue weighted by Crippen LogP contribution is -2.10. The van der Waals surface area contributed by atoms with Crippen molar-refractivity contribution in [2.45, 2.75) is 6.92 Å². The number of nitrogens with one attached hydrogen (secondary N) is 2. The molecule has 0 aliphatic rings. The van der Waals surface area contributed by atoms with Crippen LogP contribution in [-0.4, -0.2) is 26.5 Å². The van der Waals surface area contributed by atoms with Gasteiger partial charge in [0, 0.05) is 6.54 Å². The molecule has 0 saturated carbocycles. The molecule has 20 heavy (non-hydrogen) atoms. The number of fused-ring (bicyclic) bond motifs is 1. The first-order valence-electron chi connectivity index (χ1n) is 6.33. The third kappa shape index (κ3) is 2.23. The van der Waals surface area contributed by atoms with Gasteiger partial charge < -0.3 is 10.3 Å². The summed E-state index contributed by atoms with van der Waals surface area (Å²) in [7, 11) is 0. The normalized spacial score (nSPS) is 10.7. The van der Waals surface area contributed by atoms with Crippen molar-refractivity contribution in [3.8, 4) is 11.5 Å². The molecule has 0 aliphatic heterocycles. The lowest BCUT2D eigenvalue weighted by molar-refractivity contribution is 1.09. The van der Waals surface area contributed by atoms with E-state index in [4.69, 9.17) is 0 Å². The van der Waals surface area contributed by atoms with Gasteiger partial charge in [-0.15, -0.1) is 0 Å². The Bertz CT molecular complexity index is 795. The molecule has 100 valence electrons. The van der Waals surface area contributed by atoms with Crippen LogP contribution in [-0.2, 0) is 0 Å². The highest BCUT2D eigenvalue weighted by Crippen LogP contribution is 2.13. The Balaban J connectivity index is 2.07. The number of aromatic amines is 1. The number of H-pyrrole nitrogens is 1. The van der Waals surface area contributed by atoms with Crippen LogP contribution in [0.25, 0.3) is 22.4 Å². The minimum Gasteiger partial charge on any atom is -0.369 e. The lowest BCUT2D eigenvalue weighted by Gasteiger charge is -2.04. The SMILES string of the molecule is CCNc1cnc(-c2nc3ccccc3c(=O)[nH]2)cn1. The molecule has 2 N–H and O–H groups in total. The zero-order valence-electron chi connectivity index (χ0n) is 10.9. The van der Waals surface area contributed by atoms with Gasteiger partial charge in [-0.1, -0.05) is 12.1 Å². The average molecular weight is 267 g/mol. The molecule has 6 nitrogen and oxygen atoms in total.